The van der Waals surface area contributed by atoms with Gasteiger partial charge in [-0.25, -0.2) is 0 Å². The maximum absolute atomic E-state index is 12.4. The second-order valence-corrected chi connectivity index (χ2v) is 6.52. The smallest absolute Gasteiger partial charge is 0.244 e. The number of nitrogens with one attached hydrogen (secondary N) is 1. The summed E-state index contributed by atoms with van der Waals surface area (Å²) in [6.45, 7) is 9.21. The molecule has 1 amide bonds. The quantitative estimate of drug-likeness (QED) is 0.690. The monoisotopic (exact) mass is 343 g/mol. The van der Waals surface area contributed by atoms with Gasteiger partial charge in [0, 0.05) is 25.8 Å². The fraction of sp³-hybridized carbons (Fsp3) is 0.529. The van der Waals surface area contributed by atoms with Gasteiger partial charge in [-0.3, -0.25) is 18.8 Å². The molecular formula is C17H25N7O. The Balaban J connectivity index is 1.55. The lowest BCUT2D eigenvalue weighted by atomic mass is 10.3. The maximum atomic E-state index is 12.4. The molecule has 3 aromatic heterocycles. The Bertz CT molecular complexity index is 867. The minimum atomic E-state index is -0.361. The first-order chi connectivity index (χ1) is 11.9. The highest BCUT2D eigenvalue weighted by molar-refractivity contribution is 5.81. The van der Waals surface area contributed by atoms with Crippen LogP contribution in [0.2, 0.25) is 0 Å². The zero-order valence-corrected chi connectivity index (χ0v) is 15.4. The van der Waals surface area contributed by atoms with Crippen LogP contribution >= 0.6 is 0 Å². The molecule has 0 radical (unpaired) electrons. The van der Waals surface area contributed by atoms with Crippen LogP contribution in [0.4, 0.5) is 0 Å². The minimum Gasteiger partial charge on any atom is -0.354 e. The third-order valence-corrected chi connectivity index (χ3v) is 4.43. The van der Waals surface area contributed by atoms with Crippen LogP contribution in [0.3, 0.4) is 0 Å². The number of aryl methyl sites for hydroxylation is 5. The van der Waals surface area contributed by atoms with E-state index in [1.165, 1.54) is 0 Å². The molecule has 0 aliphatic rings. The molecule has 3 rings (SSSR count). The maximum Gasteiger partial charge on any atom is 0.244 e. The van der Waals surface area contributed by atoms with E-state index in [0.29, 0.717) is 6.54 Å². The second kappa shape index (κ2) is 6.70. The Labute approximate surface area is 146 Å². The third-order valence-electron chi connectivity index (χ3n) is 4.43. The average Bonchev–Trinajstić information content (AvgIpc) is 3.20. The second-order valence-electron chi connectivity index (χ2n) is 6.52. The molecule has 3 aromatic rings. The summed E-state index contributed by atoms with van der Waals surface area (Å²) in [6, 6.07) is 1.69. The van der Waals surface area contributed by atoms with E-state index < -0.39 is 0 Å². The predicted octanol–water partition coefficient (Wildman–Crippen LogP) is 1.66. The van der Waals surface area contributed by atoms with Crippen LogP contribution in [0.25, 0.3) is 11.0 Å². The van der Waals surface area contributed by atoms with Gasteiger partial charge in [-0.2, -0.15) is 15.3 Å². The molecule has 0 saturated carbocycles. The summed E-state index contributed by atoms with van der Waals surface area (Å²) in [4.78, 5) is 12.4. The van der Waals surface area contributed by atoms with Crippen LogP contribution in [0.5, 0.6) is 0 Å². The van der Waals surface area contributed by atoms with E-state index in [0.717, 1.165) is 41.1 Å². The Morgan fingerprint density at radius 1 is 1.24 bits per heavy atom. The zero-order chi connectivity index (χ0) is 18.1. The molecule has 1 atom stereocenters. The van der Waals surface area contributed by atoms with Crippen molar-refractivity contribution in [3.8, 4) is 0 Å². The van der Waals surface area contributed by atoms with Gasteiger partial charge in [-0.15, -0.1) is 0 Å². The number of fused-ring (bicyclic) bond motifs is 1. The van der Waals surface area contributed by atoms with E-state index in [2.05, 4.69) is 26.7 Å². The van der Waals surface area contributed by atoms with E-state index in [9.17, 15) is 4.79 Å². The topological polar surface area (TPSA) is 82.6 Å². The lowest BCUT2D eigenvalue weighted by Crippen LogP contribution is -2.32. The SMILES string of the molecule is Cc1cc(C)n(CCCNC(=O)C(C)n2cc3c(n2)c(C)nn3C)n1. The van der Waals surface area contributed by atoms with Gasteiger partial charge >= 0.3 is 0 Å². The molecule has 0 saturated heterocycles. The molecule has 3 heterocycles. The fourth-order valence-electron chi connectivity index (χ4n) is 3.01. The van der Waals surface area contributed by atoms with E-state index >= 15 is 0 Å². The van der Waals surface area contributed by atoms with Crippen LogP contribution in [-0.4, -0.2) is 41.8 Å². The molecule has 0 aliphatic carbocycles. The van der Waals surface area contributed by atoms with Crippen molar-refractivity contribution in [2.45, 2.75) is 46.7 Å². The molecule has 8 nitrogen and oxygen atoms in total. The Hall–Kier alpha value is -2.64. The normalized spacial score (nSPS) is 12.7. The number of hydrogen-bond acceptors (Lipinski definition) is 4. The summed E-state index contributed by atoms with van der Waals surface area (Å²) in [6.07, 6.45) is 2.71. The van der Waals surface area contributed by atoms with Gasteiger partial charge in [0.25, 0.3) is 0 Å². The average molecular weight is 343 g/mol. The molecule has 0 fully saturated rings. The van der Waals surface area contributed by atoms with Crippen molar-refractivity contribution in [2.24, 2.45) is 7.05 Å². The van der Waals surface area contributed by atoms with Gasteiger partial charge in [0.1, 0.15) is 17.1 Å². The predicted molar refractivity (Wildman–Crippen MR) is 95.3 cm³/mol. The summed E-state index contributed by atoms with van der Waals surface area (Å²) >= 11 is 0. The van der Waals surface area contributed by atoms with Crippen molar-refractivity contribution in [3.05, 3.63) is 29.3 Å². The van der Waals surface area contributed by atoms with Crippen molar-refractivity contribution < 1.29 is 4.79 Å². The lowest BCUT2D eigenvalue weighted by molar-refractivity contribution is -0.124. The van der Waals surface area contributed by atoms with E-state index in [-0.39, 0.29) is 11.9 Å². The van der Waals surface area contributed by atoms with Gasteiger partial charge < -0.3 is 5.32 Å². The summed E-state index contributed by atoms with van der Waals surface area (Å²) in [7, 11) is 1.88. The number of rotatable bonds is 6. The molecule has 0 aromatic carbocycles. The largest absolute Gasteiger partial charge is 0.354 e. The van der Waals surface area contributed by atoms with Crippen molar-refractivity contribution >= 4 is 16.9 Å². The van der Waals surface area contributed by atoms with Crippen LogP contribution in [0.1, 0.15) is 36.5 Å². The van der Waals surface area contributed by atoms with Crippen LogP contribution in [-0.2, 0) is 18.4 Å². The molecule has 0 aliphatic heterocycles. The van der Waals surface area contributed by atoms with Crippen molar-refractivity contribution in [1.82, 2.24) is 34.7 Å². The molecule has 8 heteroatoms. The Kier molecular flexibility index (Phi) is 4.61. The first-order valence-corrected chi connectivity index (χ1v) is 8.54. The number of carbonyl (C=O) groups is 1. The molecule has 1 unspecified atom stereocenters. The van der Waals surface area contributed by atoms with Crippen LogP contribution in [0.15, 0.2) is 12.3 Å². The number of nitrogens with zero attached hydrogens (tertiary/aromatic N) is 6. The summed E-state index contributed by atoms with van der Waals surface area (Å²) < 4.78 is 5.46. The van der Waals surface area contributed by atoms with Gasteiger partial charge in [0.15, 0.2) is 0 Å². The lowest BCUT2D eigenvalue weighted by Gasteiger charge is -2.13. The molecule has 134 valence electrons. The van der Waals surface area contributed by atoms with Crippen molar-refractivity contribution in [1.29, 1.82) is 0 Å². The Morgan fingerprint density at radius 3 is 2.64 bits per heavy atom. The highest BCUT2D eigenvalue weighted by atomic mass is 16.2. The number of carbonyl (C=O) groups excluding carboxylic acids is 1. The number of amides is 1. The van der Waals surface area contributed by atoms with Gasteiger partial charge in [0.05, 0.1) is 17.6 Å². The molecular weight excluding hydrogens is 318 g/mol. The standard InChI is InChI=1S/C17H25N7O/c1-11-9-12(2)23(19-11)8-6-7-18-17(25)14(4)24-10-15-16(21-24)13(3)20-22(15)5/h9-10,14H,6-8H2,1-5H3,(H,18,25). The van der Waals surface area contributed by atoms with E-state index in [1.54, 1.807) is 9.36 Å². The minimum absolute atomic E-state index is 0.0354. The molecule has 1 N–H and O–H groups in total. The number of aromatic nitrogens is 6. The fourth-order valence-corrected chi connectivity index (χ4v) is 3.01. The van der Waals surface area contributed by atoms with Crippen molar-refractivity contribution in [3.63, 3.8) is 0 Å². The van der Waals surface area contributed by atoms with Crippen LogP contribution in [0, 0.1) is 20.8 Å². The van der Waals surface area contributed by atoms with Crippen LogP contribution < -0.4 is 5.32 Å². The van der Waals surface area contributed by atoms with Crippen molar-refractivity contribution in [2.75, 3.05) is 6.54 Å². The number of hydrogen-bond donors (Lipinski definition) is 1. The van der Waals surface area contributed by atoms with Gasteiger partial charge in [0.2, 0.25) is 5.91 Å². The van der Waals surface area contributed by atoms with Gasteiger partial charge in [-0.1, -0.05) is 0 Å². The van der Waals surface area contributed by atoms with E-state index in [4.69, 9.17) is 0 Å². The summed E-state index contributed by atoms with van der Waals surface area (Å²) in [5.41, 5.74) is 4.80. The highest BCUT2D eigenvalue weighted by Crippen LogP contribution is 2.17. The van der Waals surface area contributed by atoms with Gasteiger partial charge in [-0.05, 0) is 40.2 Å². The molecule has 0 bridgehead atoms. The first-order valence-electron chi connectivity index (χ1n) is 8.54. The molecule has 25 heavy (non-hydrogen) atoms. The zero-order valence-electron chi connectivity index (χ0n) is 15.4. The third kappa shape index (κ3) is 3.42. The van der Waals surface area contributed by atoms with E-state index in [1.807, 2.05) is 45.6 Å². The molecule has 0 spiro atoms. The summed E-state index contributed by atoms with van der Waals surface area (Å²) in [5.74, 6) is -0.0354. The first kappa shape index (κ1) is 17.2. The summed E-state index contributed by atoms with van der Waals surface area (Å²) in [5, 5.41) is 16.2. The highest BCUT2D eigenvalue weighted by Gasteiger charge is 2.18. The Morgan fingerprint density at radius 2 is 2.00 bits per heavy atom.